The molecule has 1 aromatic heterocycles. The maximum Gasteiger partial charge on any atom is 0.161 e. The van der Waals surface area contributed by atoms with Gasteiger partial charge in [-0.25, -0.2) is 4.98 Å². The molecule has 0 spiro atoms. The van der Waals surface area contributed by atoms with Gasteiger partial charge in [-0.3, -0.25) is 0 Å². The molecular weight excluding hydrogens is 254 g/mol. The molecule has 0 amide bonds. The quantitative estimate of drug-likeness (QED) is 0.879. The Morgan fingerprint density at radius 2 is 2.05 bits per heavy atom. The van der Waals surface area contributed by atoms with Crippen LogP contribution in [0.15, 0.2) is 24.4 Å². The van der Waals surface area contributed by atoms with E-state index in [0.29, 0.717) is 18.9 Å². The van der Waals surface area contributed by atoms with Gasteiger partial charge in [-0.15, -0.1) is 0 Å². The van der Waals surface area contributed by atoms with E-state index >= 15 is 0 Å². The van der Waals surface area contributed by atoms with E-state index in [2.05, 4.69) is 16.5 Å². The molecule has 0 aliphatic rings. The highest BCUT2D eigenvalue weighted by Crippen LogP contribution is 2.32. The number of ether oxygens (including phenoxy) is 2. The lowest BCUT2D eigenvalue weighted by atomic mass is 10.2. The van der Waals surface area contributed by atoms with E-state index in [-0.39, 0.29) is 0 Å². The van der Waals surface area contributed by atoms with Gasteiger partial charge in [0.15, 0.2) is 11.5 Å². The van der Waals surface area contributed by atoms with Crippen LogP contribution in [0.3, 0.4) is 0 Å². The molecule has 2 N–H and O–H groups in total. The molecular formula is C15H21N3O2. The van der Waals surface area contributed by atoms with Crippen LogP contribution >= 0.6 is 0 Å². The topological polar surface area (TPSA) is 62.3 Å². The van der Waals surface area contributed by atoms with Gasteiger partial charge in [-0.1, -0.05) is 0 Å². The van der Waals surface area contributed by atoms with Crippen LogP contribution in [0, 0.1) is 0 Å². The minimum absolute atomic E-state index is 0.481. The van der Waals surface area contributed by atoms with Gasteiger partial charge in [0.1, 0.15) is 5.82 Å². The number of hydrogen-bond acceptors (Lipinski definition) is 4. The van der Waals surface area contributed by atoms with Crippen molar-refractivity contribution in [2.24, 2.45) is 5.73 Å². The Kier molecular flexibility index (Phi) is 4.63. The Labute approximate surface area is 119 Å². The van der Waals surface area contributed by atoms with Gasteiger partial charge < -0.3 is 19.8 Å². The van der Waals surface area contributed by atoms with Gasteiger partial charge in [0, 0.05) is 18.7 Å². The third-order valence-corrected chi connectivity index (χ3v) is 3.19. The Bertz CT molecular complexity index is 578. The predicted molar refractivity (Wildman–Crippen MR) is 78.9 cm³/mol. The zero-order valence-corrected chi connectivity index (χ0v) is 12.2. The first-order valence-electron chi connectivity index (χ1n) is 6.80. The van der Waals surface area contributed by atoms with E-state index in [9.17, 15) is 0 Å². The lowest BCUT2D eigenvalue weighted by Crippen LogP contribution is -2.07. The molecule has 0 fully saturated rings. The molecule has 5 nitrogen and oxygen atoms in total. The van der Waals surface area contributed by atoms with E-state index in [1.807, 2.05) is 31.3 Å². The van der Waals surface area contributed by atoms with Crippen LogP contribution < -0.4 is 15.2 Å². The van der Waals surface area contributed by atoms with Crippen molar-refractivity contribution in [1.29, 1.82) is 0 Å². The molecule has 1 heterocycles. The van der Waals surface area contributed by atoms with Gasteiger partial charge in [-0.05, 0) is 32.0 Å². The van der Waals surface area contributed by atoms with Gasteiger partial charge in [0.05, 0.1) is 25.6 Å². The first kappa shape index (κ1) is 14.4. The summed E-state index contributed by atoms with van der Waals surface area (Å²) in [5.41, 5.74) is 7.75. The van der Waals surface area contributed by atoms with Gasteiger partial charge >= 0.3 is 0 Å². The Morgan fingerprint density at radius 1 is 1.25 bits per heavy atom. The van der Waals surface area contributed by atoms with E-state index < -0.39 is 0 Å². The van der Waals surface area contributed by atoms with E-state index in [1.165, 1.54) is 0 Å². The van der Waals surface area contributed by atoms with Crippen molar-refractivity contribution in [3.8, 4) is 22.9 Å². The maximum atomic E-state index is 5.73. The first-order chi connectivity index (χ1) is 9.74. The molecule has 0 aliphatic heterocycles. The molecule has 0 atom stereocenters. The minimum Gasteiger partial charge on any atom is -0.493 e. The fraction of sp³-hybridized carbons (Fsp3) is 0.400. The van der Waals surface area contributed by atoms with Crippen molar-refractivity contribution >= 4 is 0 Å². The predicted octanol–water partition coefficient (Wildman–Crippen LogP) is 2.44. The molecule has 0 saturated heterocycles. The average molecular weight is 275 g/mol. The van der Waals surface area contributed by atoms with Gasteiger partial charge in [-0.2, -0.15) is 0 Å². The van der Waals surface area contributed by atoms with E-state index in [1.54, 1.807) is 7.11 Å². The molecule has 20 heavy (non-hydrogen) atoms. The van der Waals surface area contributed by atoms with E-state index in [0.717, 1.165) is 29.4 Å². The van der Waals surface area contributed by atoms with Crippen molar-refractivity contribution in [3.05, 3.63) is 30.1 Å². The highest BCUT2D eigenvalue weighted by atomic mass is 16.5. The number of nitrogens with zero attached hydrogens (tertiary/aromatic N) is 2. The molecule has 0 unspecified atom stereocenters. The number of methoxy groups -OCH3 is 1. The molecule has 0 aliphatic carbocycles. The number of aromatic nitrogens is 2. The zero-order valence-electron chi connectivity index (χ0n) is 12.2. The SMILES string of the molecule is CCOc1ccc(-c2ncc(CN)n2CC)cc1OC. The molecule has 5 heteroatoms. The second kappa shape index (κ2) is 6.43. The summed E-state index contributed by atoms with van der Waals surface area (Å²) in [6, 6.07) is 5.84. The number of nitrogens with two attached hydrogens (primary N) is 1. The third-order valence-electron chi connectivity index (χ3n) is 3.19. The summed E-state index contributed by atoms with van der Waals surface area (Å²) in [6.07, 6.45) is 1.82. The van der Waals surface area contributed by atoms with Crippen LogP contribution in [0.2, 0.25) is 0 Å². The van der Waals surface area contributed by atoms with Crippen molar-refractivity contribution in [2.75, 3.05) is 13.7 Å². The van der Waals surface area contributed by atoms with Crippen LogP contribution in [0.5, 0.6) is 11.5 Å². The number of rotatable bonds is 6. The fourth-order valence-corrected chi connectivity index (χ4v) is 2.24. The summed E-state index contributed by atoms with van der Waals surface area (Å²) in [4.78, 5) is 4.47. The van der Waals surface area contributed by atoms with Crippen LogP contribution in [-0.4, -0.2) is 23.3 Å². The average Bonchev–Trinajstić information content (AvgIpc) is 2.90. The molecule has 1 aromatic carbocycles. The Hall–Kier alpha value is -2.01. The maximum absolute atomic E-state index is 5.73. The molecule has 108 valence electrons. The van der Waals surface area contributed by atoms with Crippen LogP contribution in [-0.2, 0) is 13.1 Å². The third kappa shape index (κ3) is 2.63. The highest BCUT2D eigenvalue weighted by molar-refractivity contribution is 5.62. The van der Waals surface area contributed by atoms with Crippen molar-refractivity contribution in [1.82, 2.24) is 9.55 Å². The van der Waals surface area contributed by atoms with Crippen molar-refractivity contribution in [3.63, 3.8) is 0 Å². The molecule has 0 bridgehead atoms. The largest absolute Gasteiger partial charge is 0.493 e. The van der Waals surface area contributed by atoms with Crippen molar-refractivity contribution in [2.45, 2.75) is 26.9 Å². The summed E-state index contributed by atoms with van der Waals surface area (Å²) in [7, 11) is 1.64. The van der Waals surface area contributed by atoms with Crippen LogP contribution in [0.25, 0.3) is 11.4 Å². The van der Waals surface area contributed by atoms with E-state index in [4.69, 9.17) is 15.2 Å². The monoisotopic (exact) mass is 275 g/mol. The smallest absolute Gasteiger partial charge is 0.161 e. The van der Waals surface area contributed by atoms with Crippen LogP contribution in [0.1, 0.15) is 19.5 Å². The number of imidazole rings is 1. The zero-order chi connectivity index (χ0) is 14.5. The molecule has 0 saturated carbocycles. The van der Waals surface area contributed by atoms with Crippen LogP contribution in [0.4, 0.5) is 0 Å². The first-order valence-corrected chi connectivity index (χ1v) is 6.80. The van der Waals surface area contributed by atoms with Crippen molar-refractivity contribution < 1.29 is 9.47 Å². The Balaban J connectivity index is 2.45. The number of hydrogen-bond donors (Lipinski definition) is 1. The summed E-state index contributed by atoms with van der Waals surface area (Å²) < 4.78 is 13.0. The second-order valence-electron chi connectivity index (χ2n) is 4.32. The fourth-order valence-electron chi connectivity index (χ4n) is 2.24. The normalized spacial score (nSPS) is 10.6. The Morgan fingerprint density at radius 3 is 2.65 bits per heavy atom. The summed E-state index contributed by atoms with van der Waals surface area (Å²) in [6.45, 7) is 5.95. The number of benzene rings is 1. The summed E-state index contributed by atoms with van der Waals surface area (Å²) in [5, 5.41) is 0. The molecule has 2 rings (SSSR count). The lowest BCUT2D eigenvalue weighted by Gasteiger charge is -2.12. The summed E-state index contributed by atoms with van der Waals surface area (Å²) >= 11 is 0. The lowest BCUT2D eigenvalue weighted by molar-refractivity contribution is 0.311. The van der Waals surface area contributed by atoms with Gasteiger partial charge in [0.25, 0.3) is 0 Å². The standard InChI is InChI=1S/C15H21N3O2/c1-4-18-12(9-16)10-17-15(18)11-6-7-13(20-5-2)14(8-11)19-3/h6-8,10H,4-5,9,16H2,1-3H3. The molecule has 0 radical (unpaired) electrons. The summed E-state index contributed by atoms with van der Waals surface area (Å²) in [5.74, 6) is 2.35. The second-order valence-corrected chi connectivity index (χ2v) is 4.32. The molecule has 2 aromatic rings. The van der Waals surface area contributed by atoms with Gasteiger partial charge in [0.2, 0.25) is 0 Å². The highest BCUT2D eigenvalue weighted by Gasteiger charge is 2.12. The minimum atomic E-state index is 0.481.